The predicted octanol–water partition coefficient (Wildman–Crippen LogP) is 3.58. The van der Waals surface area contributed by atoms with Crippen LogP contribution in [-0.4, -0.2) is 32.3 Å². The van der Waals surface area contributed by atoms with Crippen molar-refractivity contribution in [3.05, 3.63) is 64.7 Å². The zero-order valence-electron chi connectivity index (χ0n) is 15.6. The van der Waals surface area contributed by atoms with Gasteiger partial charge in [0, 0.05) is 24.2 Å². The molecule has 0 aromatic heterocycles. The summed E-state index contributed by atoms with van der Waals surface area (Å²) in [6, 6.07) is 7.89. The predicted molar refractivity (Wildman–Crippen MR) is 103 cm³/mol. The molecule has 1 N–H and O–H groups in total. The second kappa shape index (κ2) is 8.98. The van der Waals surface area contributed by atoms with Gasteiger partial charge in [0.25, 0.3) is 0 Å². The second-order valence-corrected chi connectivity index (χ2v) is 8.76. The maximum Gasteiger partial charge on any atom is 0.244 e. The summed E-state index contributed by atoms with van der Waals surface area (Å²) in [5, 5.41) is 0.160. The average molecular weight is 431 g/mol. The molecular weight excluding hydrogens is 410 g/mol. The number of sulfonamides is 1. The largest absolute Gasteiger partial charge is 0.340 e. The van der Waals surface area contributed by atoms with E-state index in [-0.39, 0.29) is 17.1 Å². The Morgan fingerprint density at radius 3 is 2.29 bits per heavy atom. The fourth-order valence-corrected chi connectivity index (χ4v) is 4.24. The van der Waals surface area contributed by atoms with Crippen LogP contribution in [0.2, 0.25) is 5.02 Å². The molecule has 0 saturated heterocycles. The fraction of sp³-hybridized carbons (Fsp3) is 0.316. The lowest BCUT2D eigenvalue weighted by Gasteiger charge is -2.27. The highest BCUT2D eigenvalue weighted by atomic mass is 35.5. The summed E-state index contributed by atoms with van der Waals surface area (Å²) in [5.74, 6) is -2.52. The van der Waals surface area contributed by atoms with E-state index in [1.54, 1.807) is 13.8 Å². The van der Waals surface area contributed by atoms with Crippen LogP contribution in [0, 0.1) is 17.6 Å². The van der Waals surface area contributed by atoms with Crippen LogP contribution in [0.1, 0.15) is 19.4 Å². The van der Waals surface area contributed by atoms with E-state index in [1.165, 1.54) is 42.3 Å². The lowest BCUT2D eigenvalue weighted by molar-refractivity contribution is -0.133. The molecule has 0 fully saturated rings. The molecule has 0 aliphatic carbocycles. The SMILES string of the molecule is CC(C)C(NS(=O)(=O)c1ccccc1F)C(=O)N(C)Cc1c(F)cccc1Cl. The third-order valence-electron chi connectivity index (χ3n) is 4.17. The van der Waals surface area contributed by atoms with Crippen molar-refractivity contribution in [2.75, 3.05) is 7.05 Å². The number of carbonyl (C=O) groups excluding carboxylic acids is 1. The Labute approximate surface area is 168 Å². The van der Waals surface area contributed by atoms with Crippen molar-refractivity contribution in [1.82, 2.24) is 9.62 Å². The molecule has 1 amide bonds. The highest BCUT2D eigenvalue weighted by Gasteiger charge is 2.32. The molecule has 1 unspecified atom stereocenters. The summed E-state index contributed by atoms with van der Waals surface area (Å²) in [6.07, 6.45) is 0. The number of likely N-dealkylation sites (N-methyl/N-ethyl adjacent to an activating group) is 1. The smallest absolute Gasteiger partial charge is 0.244 e. The summed E-state index contributed by atoms with van der Waals surface area (Å²) in [7, 11) is -2.86. The van der Waals surface area contributed by atoms with Gasteiger partial charge >= 0.3 is 0 Å². The number of hydrogen-bond acceptors (Lipinski definition) is 3. The lowest BCUT2D eigenvalue weighted by atomic mass is 10.0. The minimum atomic E-state index is -4.28. The van der Waals surface area contributed by atoms with Gasteiger partial charge < -0.3 is 4.90 Å². The van der Waals surface area contributed by atoms with Crippen LogP contribution in [0.15, 0.2) is 47.4 Å². The Bertz CT molecular complexity index is 947. The summed E-state index contributed by atoms with van der Waals surface area (Å²) in [5.41, 5.74) is 0.125. The summed E-state index contributed by atoms with van der Waals surface area (Å²) in [4.78, 5) is 13.5. The molecule has 5 nitrogen and oxygen atoms in total. The van der Waals surface area contributed by atoms with Crippen molar-refractivity contribution < 1.29 is 22.0 Å². The van der Waals surface area contributed by atoms with Gasteiger partial charge in [-0.1, -0.05) is 43.6 Å². The Morgan fingerprint density at radius 1 is 1.11 bits per heavy atom. The van der Waals surface area contributed by atoms with Crippen molar-refractivity contribution in [3.63, 3.8) is 0 Å². The first kappa shape index (κ1) is 22.3. The molecule has 9 heteroatoms. The summed E-state index contributed by atoms with van der Waals surface area (Å²) in [6.45, 7) is 3.15. The van der Waals surface area contributed by atoms with Gasteiger partial charge in [-0.3, -0.25) is 4.79 Å². The van der Waals surface area contributed by atoms with E-state index in [4.69, 9.17) is 11.6 Å². The molecule has 2 aromatic carbocycles. The van der Waals surface area contributed by atoms with E-state index in [2.05, 4.69) is 4.72 Å². The number of benzene rings is 2. The molecule has 2 aromatic rings. The van der Waals surface area contributed by atoms with Crippen molar-refractivity contribution in [2.24, 2.45) is 5.92 Å². The van der Waals surface area contributed by atoms with Gasteiger partial charge in [-0.15, -0.1) is 0 Å². The van der Waals surface area contributed by atoms with Gasteiger partial charge in [-0.05, 0) is 30.2 Å². The first-order valence-electron chi connectivity index (χ1n) is 8.49. The highest BCUT2D eigenvalue weighted by molar-refractivity contribution is 7.89. The standard InChI is InChI=1S/C19H21ClF2N2O3S/c1-12(2)18(23-28(26,27)17-10-5-4-8-16(17)22)19(25)24(3)11-13-14(20)7-6-9-15(13)21/h4-10,12,18,23H,11H2,1-3H3. The van der Waals surface area contributed by atoms with Gasteiger partial charge in [0.05, 0.1) is 0 Å². The minimum Gasteiger partial charge on any atom is -0.340 e. The average Bonchev–Trinajstić information content (AvgIpc) is 2.62. The normalized spacial score (nSPS) is 12.8. The summed E-state index contributed by atoms with van der Waals surface area (Å²) >= 11 is 5.99. The zero-order valence-corrected chi connectivity index (χ0v) is 17.2. The molecule has 0 aliphatic heterocycles. The maximum absolute atomic E-state index is 14.0. The molecule has 0 aliphatic rings. The fourth-order valence-electron chi connectivity index (χ4n) is 2.60. The Morgan fingerprint density at radius 2 is 1.71 bits per heavy atom. The summed E-state index contributed by atoms with van der Waals surface area (Å²) < 4.78 is 55.3. The minimum absolute atomic E-state index is 0.125. The van der Waals surface area contributed by atoms with Crippen LogP contribution in [0.25, 0.3) is 0 Å². The number of hydrogen-bond donors (Lipinski definition) is 1. The molecule has 28 heavy (non-hydrogen) atoms. The molecule has 152 valence electrons. The van der Waals surface area contributed by atoms with Crippen LogP contribution in [0.5, 0.6) is 0 Å². The van der Waals surface area contributed by atoms with E-state index < -0.39 is 44.4 Å². The molecule has 0 radical (unpaired) electrons. The van der Waals surface area contributed by atoms with Crippen molar-refractivity contribution in [3.8, 4) is 0 Å². The third kappa shape index (κ3) is 5.06. The Kier molecular flexibility index (Phi) is 7.14. The van der Waals surface area contributed by atoms with Gasteiger partial charge in [0.2, 0.25) is 15.9 Å². The van der Waals surface area contributed by atoms with Gasteiger partial charge in [-0.2, -0.15) is 4.72 Å². The molecular formula is C19H21ClF2N2O3S. The Hall–Kier alpha value is -2.03. The highest BCUT2D eigenvalue weighted by Crippen LogP contribution is 2.22. The number of nitrogens with zero attached hydrogens (tertiary/aromatic N) is 1. The van der Waals surface area contributed by atoms with E-state index >= 15 is 0 Å². The maximum atomic E-state index is 14.0. The third-order valence-corrected chi connectivity index (χ3v) is 6.00. The first-order valence-corrected chi connectivity index (χ1v) is 10.4. The van der Waals surface area contributed by atoms with Gasteiger partial charge in [0.15, 0.2) is 0 Å². The van der Waals surface area contributed by atoms with Crippen LogP contribution >= 0.6 is 11.6 Å². The van der Waals surface area contributed by atoms with Crippen LogP contribution in [0.3, 0.4) is 0 Å². The van der Waals surface area contributed by atoms with E-state index in [1.807, 2.05) is 0 Å². The number of amides is 1. The number of nitrogens with one attached hydrogen (secondary N) is 1. The molecule has 0 bridgehead atoms. The number of rotatable bonds is 7. The van der Waals surface area contributed by atoms with Crippen molar-refractivity contribution in [2.45, 2.75) is 31.3 Å². The van der Waals surface area contributed by atoms with Crippen molar-refractivity contribution in [1.29, 1.82) is 0 Å². The van der Waals surface area contributed by atoms with E-state index in [9.17, 15) is 22.0 Å². The molecule has 0 heterocycles. The number of halogens is 3. The van der Waals surface area contributed by atoms with E-state index in [0.29, 0.717) is 0 Å². The van der Waals surface area contributed by atoms with Crippen LogP contribution < -0.4 is 4.72 Å². The lowest BCUT2D eigenvalue weighted by Crippen LogP contribution is -2.50. The van der Waals surface area contributed by atoms with Crippen LogP contribution in [-0.2, 0) is 21.4 Å². The monoisotopic (exact) mass is 430 g/mol. The number of carbonyl (C=O) groups is 1. The molecule has 0 spiro atoms. The van der Waals surface area contributed by atoms with E-state index in [0.717, 1.165) is 12.1 Å². The van der Waals surface area contributed by atoms with Crippen LogP contribution in [0.4, 0.5) is 8.78 Å². The molecule has 1 atom stereocenters. The second-order valence-electron chi connectivity index (χ2n) is 6.67. The van der Waals surface area contributed by atoms with Gasteiger partial charge in [0.1, 0.15) is 22.6 Å². The molecule has 2 rings (SSSR count). The van der Waals surface area contributed by atoms with Gasteiger partial charge in [-0.25, -0.2) is 17.2 Å². The zero-order chi connectivity index (χ0) is 21.1. The molecule has 0 saturated carbocycles. The first-order chi connectivity index (χ1) is 13.0. The topological polar surface area (TPSA) is 66.5 Å². The van der Waals surface area contributed by atoms with Crippen molar-refractivity contribution >= 4 is 27.5 Å². The Balaban J connectivity index is 2.26. The quantitative estimate of drug-likeness (QED) is 0.730.